The van der Waals surface area contributed by atoms with Gasteiger partial charge >= 0.3 is 0 Å². The molecule has 4 nitrogen and oxygen atoms in total. The third-order valence-corrected chi connectivity index (χ3v) is 6.16. The fourth-order valence-corrected chi connectivity index (χ4v) is 4.39. The Balaban J connectivity index is 1.50. The minimum Gasteiger partial charge on any atom is -0.634 e. The van der Waals surface area contributed by atoms with E-state index >= 15 is 0 Å². The molecule has 1 aromatic rings. The van der Waals surface area contributed by atoms with Crippen molar-refractivity contribution < 1.29 is 10.3 Å². The van der Waals surface area contributed by atoms with Crippen LogP contribution in [0.3, 0.4) is 0 Å². The molecule has 1 atom stereocenters. The second-order valence-corrected chi connectivity index (χ2v) is 8.04. The molecule has 0 spiro atoms. The number of anilines is 1. The van der Waals surface area contributed by atoms with Crippen molar-refractivity contribution >= 4 is 5.69 Å². The third kappa shape index (κ3) is 4.11. The lowest BCUT2D eigenvalue weighted by molar-refractivity contribution is -0.904. The Labute approximate surface area is 146 Å². The van der Waals surface area contributed by atoms with Crippen LogP contribution in [0, 0.1) is 18.0 Å². The first-order valence-electron chi connectivity index (χ1n) is 9.63. The minimum atomic E-state index is 0.142. The number of aryl methyl sites for hydroxylation is 1. The highest BCUT2D eigenvalue weighted by Gasteiger charge is 2.32. The van der Waals surface area contributed by atoms with Crippen molar-refractivity contribution in [2.24, 2.45) is 5.92 Å². The zero-order chi connectivity index (χ0) is 17.1. The SMILES string of the molecule is Cc1ccc(N(O)C2CCC([NH+]([O-])C3CCC(C)CC3)CC2)cc1. The summed E-state index contributed by atoms with van der Waals surface area (Å²) in [6.45, 7) is 4.35. The number of hydrogen-bond donors (Lipinski definition) is 2. The number of rotatable bonds is 4. The topological polar surface area (TPSA) is 51.0 Å². The Morgan fingerprint density at radius 1 is 0.917 bits per heavy atom. The van der Waals surface area contributed by atoms with Crippen molar-refractivity contribution in [1.29, 1.82) is 0 Å². The molecule has 2 saturated carbocycles. The van der Waals surface area contributed by atoms with E-state index in [0.29, 0.717) is 11.1 Å². The Kier molecular flexibility index (Phi) is 5.80. The minimum absolute atomic E-state index is 0.142. The Hall–Kier alpha value is -1.10. The van der Waals surface area contributed by atoms with Gasteiger partial charge < -0.3 is 10.3 Å². The van der Waals surface area contributed by atoms with E-state index in [9.17, 15) is 10.4 Å². The van der Waals surface area contributed by atoms with Gasteiger partial charge in [-0.2, -0.15) is 0 Å². The molecule has 2 fully saturated rings. The molecule has 2 aliphatic carbocycles. The van der Waals surface area contributed by atoms with E-state index in [-0.39, 0.29) is 12.1 Å². The van der Waals surface area contributed by atoms with Crippen LogP contribution in [0.5, 0.6) is 0 Å². The number of hydroxylamine groups is 3. The summed E-state index contributed by atoms with van der Waals surface area (Å²) in [6, 6.07) is 8.67. The average molecular weight is 332 g/mol. The first-order chi connectivity index (χ1) is 11.5. The van der Waals surface area contributed by atoms with Gasteiger partial charge in [0, 0.05) is 12.8 Å². The summed E-state index contributed by atoms with van der Waals surface area (Å²) < 4.78 is 0. The van der Waals surface area contributed by atoms with Gasteiger partial charge in [0.05, 0.1) is 23.8 Å². The standard InChI is InChI=1S/C20H32N2O2/c1-15-3-7-17(8-4-15)21(23)19-11-13-20(14-12-19)22(24)18-9-5-16(2)6-10-18/h3-4,7-8,16,18-20,22-23H,5-6,9-14H2,1-2H3. The lowest BCUT2D eigenvalue weighted by Crippen LogP contribution is -3.15. The summed E-state index contributed by atoms with van der Waals surface area (Å²) in [5.41, 5.74) is 2.06. The molecule has 1 unspecified atom stereocenters. The molecule has 1 aromatic carbocycles. The van der Waals surface area contributed by atoms with Crippen LogP contribution in [0.25, 0.3) is 0 Å². The predicted octanol–water partition coefficient (Wildman–Crippen LogP) is 3.46. The molecule has 0 saturated heterocycles. The summed E-state index contributed by atoms with van der Waals surface area (Å²) in [6.07, 6.45) is 8.28. The molecule has 0 aliphatic heterocycles. The van der Waals surface area contributed by atoms with Crippen LogP contribution in [-0.2, 0) is 0 Å². The molecule has 0 radical (unpaired) electrons. The van der Waals surface area contributed by atoms with Crippen molar-refractivity contribution in [1.82, 2.24) is 0 Å². The molecule has 0 aromatic heterocycles. The third-order valence-electron chi connectivity index (χ3n) is 6.16. The Bertz CT molecular complexity index is 503. The summed E-state index contributed by atoms with van der Waals surface area (Å²) in [5.74, 6) is 0.794. The van der Waals surface area contributed by atoms with E-state index in [0.717, 1.165) is 50.1 Å². The van der Waals surface area contributed by atoms with Crippen LogP contribution in [0.1, 0.15) is 63.9 Å². The van der Waals surface area contributed by atoms with E-state index in [1.54, 1.807) is 0 Å². The fourth-order valence-electron chi connectivity index (χ4n) is 4.39. The van der Waals surface area contributed by atoms with Crippen molar-refractivity contribution in [2.45, 2.75) is 83.3 Å². The average Bonchev–Trinajstić information content (AvgIpc) is 2.62. The normalized spacial score (nSPS) is 32.3. The maximum Gasteiger partial charge on any atom is 0.0875 e. The zero-order valence-corrected chi connectivity index (χ0v) is 15.1. The number of nitrogens with zero attached hydrogens (tertiary/aromatic N) is 1. The number of nitrogens with one attached hydrogen (secondary N) is 1. The number of hydrogen-bond acceptors (Lipinski definition) is 3. The van der Waals surface area contributed by atoms with Gasteiger partial charge in [-0.3, -0.25) is 10.3 Å². The summed E-state index contributed by atoms with van der Waals surface area (Å²) in [7, 11) is 0. The van der Waals surface area contributed by atoms with Crippen LogP contribution < -0.4 is 10.1 Å². The van der Waals surface area contributed by atoms with Crippen LogP contribution in [0.4, 0.5) is 5.69 Å². The molecular formula is C20H32N2O2. The molecular weight excluding hydrogens is 300 g/mol. The molecule has 2 N–H and O–H groups in total. The van der Waals surface area contributed by atoms with Gasteiger partial charge in [0.15, 0.2) is 0 Å². The largest absolute Gasteiger partial charge is 0.634 e. The summed E-state index contributed by atoms with van der Waals surface area (Å²) in [4.78, 5) is 0. The van der Waals surface area contributed by atoms with Crippen molar-refractivity contribution in [3.8, 4) is 0 Å². The number of quaternary nitrogens is 1. The van der Waals surface area contributed by atoms with Crippen molar-refractivity contribution in [3.63, 3.8) is 0 Å². The fraction of sp³-hybridized carbons (Fsp3) is 0.700. The Morgan fingerprint density at radius 2 is 1.42 bits per heavy atom. The lowest BCUT2D eigenvalue weighted by atomic mass is 9.85. The van der Waals surface area contributed by atoms with Gasteiger partial charge in [-0.05, 0) is 63.5 Å². The van der Waals surface area contributed by atoms with E-state index in [2.05, 4.69) is 6.92 Å². The van der Waals surface area contributed by atoms with Gasteiger partial charge in [-0.1, -0.05) is 24.6 Å². The van der Waals surface area contributed by atoms with Gasteiger partial charge in [-0.25, -0.2) is 0 Å². The molecule has 0 bridgehead atoms. The van der Waals surface area contributed by atoms with Crippen LogP contribution in [0.2, 0.25) is 0 Å². The van der Waals surface area contributed by atoms with E-state index in [1.807, 2.05) is 31.2 Å². The predicted molar refractivity (Wildman–Crippen MR) is 97.2 cm³/mol. The summed E-state index contributed by atoms with van der Waals surface area (Å²) in [5, 5.41) is 25.2. The van der Waals surface area contributed by atoms with Crippen LogP contribution in [-0.4, -0.2) is 23.3 Å². The first kappa shape index (κ1) is 17.7. The maximum absolute atomic E-state index is 12.8. The highest BCUT2D eigenvalue weighted by atomic mass is 16.5. The molecule has 3 rings (SSSR count). The maximum atomic E-state index is 12.8. The van der Waals surface area contributed by atoms with E-state index in [4.69, 9.17) is 0 Å². The molecule has 4 heteroatoms. The van der Waals surface area contributed by atoms with Crippen molar-refractivity contribution in [2.75, 3.05) is 5.06 Å². The molecule has 24 heavy (non-hydrogen) atoms. The zero-order valence-electron chi connectivity index (χ0n) is 15.1. The lowest BCUT2D eigenvalue weighted by Gasteiger charge is -2.44. The smallest absolute Gasteiger partial charge is 0.0875 e. The first-order valence-corrected chi connectivity index (χ1v) is 9.63. The van der Waals surface area contributed by atoms with Crippen LogP contribution >= 0.6 is 0 Å². The van der Waals surface area contributed by atoms with Gasteiger partial charge in [0.1, 0.15) is 0 Å². The highest BCUT2D eigenvalue weighted by molar-refractivity contribution is 5.45. The Morgan fingerprint density at radius 3 is 1.96 bits per heavy atom. The molecule has 134 valence electrons. The highest BCUT2D eigenvalue weighted by Crippen LogP contribution is 2.27. The second kappa shape index (κ2) is 7.85. The second-order valence-electron chi connectivity index (χ2n) is 8.04. The van der Waals surface area contributed by atoms with Gasteiger partial charge in [-0.15, -0.1) is 0 Å². The number of benzene rings is 1. The summed E-state index contributed by atoms with van der Waals surface area (Å²) >= 11 is 0. The molecule has 0 heterocycles. The van der Waals surface area contributed by atoms with Gasteiger partial charge in [0.2, 0.25) is 0 Å². The van der Waals surface area contributed by atoms with Crippen LogP contribution in [0.15, 0.2) is 24.3 Å². The monoisotopic (exact) mass is 332 g/mol. The quantitative estimate of drug-likeness (QED) is 0.830. The van der Waals surface area contributed by atoms with E-state index in [1.165, 1.54) is 23.5 Å². The van der Waals surface area contributed by atoms with E-state index < -0.39 is 0 Å². The van der Waals surface area contributed by atoms with Crippen molar-refractivity contribution in [3.05, 3.63) is 35.0 Å². The molecule has 2 aliphatic rings. The van der Waals surface area contributed by atoms with Gasteiger partial charge in [0.25, 0.3) is 0 Å². The molecule has 0 amide bonds.